The van der Waals surface area contributed by atoms with Crippen LogP contribution in [-0.4, -0.2) is 0 Å². The molecule has 0 atom stereocenters. The van der Waals surface area contributed by atoms with E-state index in [-0.39, 0.29) is 6.07 Å². The fourth-order valence-electron chi connectivity index (χ4n) is 0.544. The van der Waals surface area contributed by atoms with Crippen molar-refractivity contribution in [3.05, 3.63) is 47.0 Å². The number of hydrogen-bond acceptors (Lipinski definition) is 0. The molecule has 0 aliphatic rings. The van der Waals surface area contributed by atoms with Crippen LogP contribution < -0.4 is 0 Å². The highest BCUT2D eigenvalue weighted by atomic mass is 79.9. The predicted molar refractivity (Wildman–Crippen MR) is 45.2 cm³/mol. The largest absolute Gasteiger partial charge is 0.204 e. The SMILES string of the molecule is C=C.Fc1cc(F)c(F)c(Br)c1F. The lowest BCUT2D eigenvalue weighted by Crippen LogP contribution is -1.94. The second-order valence-electron chi connectivity index (χ2n) is 1.78. The van der Waals surface area contributed by atoms with E-state index in [0.717, 1.165) is 0 Å². The molecule has 0 N–H and O–H groups in total. The van der Waals surface area contributed by atoms with Crippen molar-refractivity contribution in [2.24, 2.45) is 0 Å². The minimum Gasteiger partial charge on any atom is -0.204 e. The Balaban J connectivity index is 0.000000671. The molecule has 1 aromatic carbocycles. The summed E-state index contributed by atoms with van der Waals surface area (Å²) in [5.74, 6) is -5.70. The number of hydrogen-bond donors (Lipinski definition) is 0. The Kier molecular flexibility index (Phi) is 4.69. The van der Waals surface area contributed by atoms with Crippen LogP contribution >= 0.6 is 15.9 Å². The maximum Gasteiger partial charge on any atom is 0.176 e. The maximum absolute atomic E-state index is 12.3. The minimum atomic E-state index is -1.43. The Labute approximate surface area is 81.0 Å². The fourth-order valence-corrected chi connectivity index (χ4v) is 0.923. The molecule has 0 nitrogen and oxygen atoms in total. The highest BCUT2D eigenvalue weighted by molar-refractivity contribution is 9.10. The zero-order chi connectivity index (χ0) is 10.6. The van der Waals surface area contributed by atoms with Crippen molar-refractivity contribution in [2.45, 2.75) is 0 Å². The molecule has 1 rings (SSSR count). The first-order valence-corrected chi connectivity index (χ1v) is 3.82. The van der Waals surface area contributed by atoms with Gasteiger partial charge in [-0.15, -0.1) is 13.2 Å². The first-order chi connectivity index (χ1) is 6.04. The summed E-state index contributed by atoms with van der Waals surface area (Å²) < 4.78 is 48.3. The summed E-state index contributed by atoms with van der Waals surface area (Å²) in [6.45, 7) is 6.00. The van der Waals surface area contributed by atoms with Gasteiger partial charge < -0.3 is 0 Å². The molecule has 0 radical (unpaired) electrons. The van der Waals surface area contributed by atoms with Crippen molar-refractivity contribution in [1.29, 1.82) is 0 Å². The lowest BCUT2D eigenvalue weighted by Gasteiger charge is -1.98. The van der Waals surface area contributed by atoms with Crippen molar-refractivity contribution in [3.63, 3.8) is 0 Å². The Hall–Kier alpha value is -0.840. The zero-order valence-corrected chi connectivity index (χ0v) is 7.97. The normalized spacial score (nSPS) is 9.00. The Morgan fingerprint density at radius 1 is 0.923 bits per heavy atom. The molecule has 0 fully saturated rings. The topological polar surface area (TPSA) is 0 Å². The summed E-state index contributed by atoms with van der Waals surface area (Å²) in [6, 6.07) is 0.148. The van der Waals surface area contributed by atoms with E-state index in [0.29, 0.717) is 0 Å². The van der Waals surface area contributed by atoms with Crippen LogP contribution in [0.15, 0.2) is 23.7 Å². The van der Waals surface area contributed by atoms with Crippen molar-refractivity contribution in [2.75, 3.05) is 0 Å². The fraction of sp³-hybridized carbons (Fsp3) is 0. The van der Waals surface area contributed by atoms with Crippen LogP contribution in [0.2, 0.25) is 0 Å². The molecule has 72 valence electrons. The summed E-state index contributed by atoms with van der Waals surface area (Å²) in [6.07, 6.45) is 0. The van der Waals surface area contributed by atoms with Gasteiger partial charge >= 0.3 is 0 Å². The third-order valence-electron chi connectivity index (χ3n) is 1.06. The molecule has 13 heavy (non-hydrogen) atoms. The second-order valence-corrected chi connectivity index (χ2v) is 2.58. The van der Waals surface area contributed by atoms with Gasteiger partial charge in [-0.1, -0.05) is 0 Å². The lowest BCUT2D eigenvalue weighted by atomic mass is 10.3. The highest BCUT2D eigenvalue weighted by Gasteiger charge is 2.15. The summed E-state index contributed by atoms with van der Waals surface area (Å²) in [7, 11) is 0. The van der Waals surface area contributed by atoms with Gasteiger partial charge in [-0.25, -0.2) is 17.6 Å². The van der Waals surface area contributed by atoms with E-state index in [2.05, 4.69) is 29.1 Å². The molecule has 0 aliphatic carbocycles. The van der Waals surface area contributed by atoms with E-state index in [1.165, 1.54) is 0 Å². The van der Waals surface area contributed by atoms with Crippen LogP contribution in [0.5, 0.6) is 0 Å². The van der Waals surface area contributed by atoms with Gasteiger partial charge in [0.05, 0.1) is 4.47 Å². The highest BCUT2D eigenvalue weighted by Crippen LogP contribution is 2.23. The van der Waals surface area contributed by atoms with Crippen molar-refractivity contribution >= 4 is 15.9 Å². The van der Waals surface area contributed by atoms with Gasteiger partial charge in [0, 0.05) is 6.07 Å². The number of benzene rings is 1. The van der Waals surface area contributed by atoms with E-state index in [4.69, 9.17) is 0 Å². The number of rotatable bonds is 0. The standard InChI is InChI=1S/C6HBrF4.C2H4/c7-4-5(10)2(8)1-3(9)6(4)11;1-2/h1H;1-2H2. The first-order valence-electron chi connectivity index (χ1n) is 3.02. The average molecular weight is 257 g/mol. The van der Waals surface area contributed by atoms with Crippen LogP contribution in [0.4, 0.5) is 17.6 Å². The molecule has 0 amide bonds. The van der Waals surface area contributed by atoms with E-state index in [9.17, 15) is 17.6 Å². The first kappa shape index (κ1) is 12.2. The van der Waals surface area contributed by atoms with Gasteiger partial charge in [0.15, 0.2) is 23.3 Å². The van der Waals surface area contributed by atoms with Gasteiger partial charge in [0.2, 0.25) is 0 Å². The van der Waals surface area contributed by atoms with Crippen LogP contribution in [0, 0.1) is 23.3 Å². The Morgan fingerprint density at radius 2 is 1.23 bits per heavy atom. The molecule has 0 spiro atoms. The quantitative estimate of drug-likeness (QED) is 0.287. The smallest absolute Gasteiger partial charge is 0.176 e. The van der Waals surface area contributed by atoms with E-state index >= 15 is 0 Å². The van der Waals surface area contributed by atoms with Crippen molar-refractivity contribution in [3.8, 4) is 0 Å². The average Bonchev–Trinajstić information content (AvgIpc) is 2.15. The molecule has 0 saturated carbocycles. The van der Waals surface area contributed by atoms with Crippen LogP contribution in [-0.2, 0) is 0 Å². The molecule has 0 bridgehead atoms. The molecular formula is C8H5BrF4. The van der Waals surface area contributed by atoms with Gasteiger partial charge in [-0.05, 0) is 15.9 Å². The Morgan fingerprint density at radius 3 is 1.54 bits per heavy atom. The molecule has 0 heterocycles. The summed E-state index contributed by atoms with van der Waals surface area (Å²) >= 11 is 2.35. The van der Waals surface area contributed by atoms with Gasteiger partial charge in [0.1, 0.15) is 0 Å². The van der Waals surface area contributed by atoms with Crippen LogP contribution in [0.25, 0.3) is 0 Å². The van der Waals surface area contributed by atoms with E-state index in [1.807, 2.05) is 0 Å². The molecule has 0 aliphatic heterocycles. The van der Waals surface area contributed by atoms with Gasteiger partial charge in [-0.2, -0.15) is 0 Å². The van der Waals surface area contributed by atoms with Gasteiger partial charge in [0.25, 0.3) is 0 Å². The zero-order valence-electron chi connectivity index (χ0n) is 6.38. The van der Waals surface area contributed by atoms with Crippen molar-refractivity contribution < 1.29 is 17.6 Å². The van der Waals surface area contributed by atoms with E-state index in [1.54, 1.807) is 0 Å². The lowest BCUT2D eigenvalue weighted by molar-refractivity contribution is 0.446. The summed E-state index contributed by atoms with van der Waals surface area (Å²) in [4.78, 5) is 0. The second kappa shape index (κ2) is 5.01. The third kappa shape index (κ3) is 2.55. The monoisotopic (exact) mass is 256 g/mol. The van der Waals surface area contributed by atoms with Crippen LogP contribution in [0.3, 0.4) is 0 Å². The van der Waals surface area contributed by atoms with Crippen molar-refractivity contribution in [1.82, 2.24) is 0 Å². The molecule has 0 saturated heterocycles. The Bertz CT molecular complexity index is 285. The maximum atomic E-state index is 12.3. The molecule has 0 unspecified atom stereocenters. The van der Waals surface area contributed by atoms with Crippen LogP contribution in [0.1, 0.15) is 0 Å². The summed E-state index contributed by atoms with van der Waals surface area (Å²) in [5, 5.41) is 0. The van der Waals surface area contributed by atoms with Gasteiger partial charge in [-0.3, -0.25) is 0 Å². The van der Waals surface area contributed by atoms with E-state index < -0.39 is 27.7 Å². The number of halogens is 5. The predicted octanol–water partition coefficient (Wildman–Crippen LogP) is 3.81. The summed E-state index contributed by atoms with van der Waals surface area (Å²) in [5.41, 5.74) is 0. The molecular weight excluding hydrogens is 252 g/mol. The molecule has 1 aromatic rings. The minimum absolute atomic E-state index is 0.148. The molecule has 0 aromatic heterocycles. The third-order valence-corrected chi connectivity index (χ3v) is 1.75. The molecule has 5 heteroatoms.